The molecule has 1 aromatic rings. The molecule has 3 N–H and O–H groups in total. The van der Waals surface area contributed by atoms with Gasteiger partial charge in [-0.2, -0.15) is 0 Å². The zero-order valence-corrected chi connectivity index (χ0v) is 11.6. The molecular weight excluding hydrogens is 226 g/mol. The molecule has 1 rings (SSSR count). The van der Waals surface area contributed by atoms with Gasteiger partial charge in [-0.25, -0.2) is 0 Å². The lowest BCUT2D eigenvalue weighted by Gasteiger charge is -2.18. The number of hydrogen-bond acceptors (Lipinski definition) is 3. The van der Waals surface area contributed by atoms with Crippen LogP contribution in [0.5, 0.6) is 0 Å². The summed E-state index contributed by atoms with van der Waals surface area (Å²) < 4.78 is 5.51. The first-order valence-corrected chi connectivity index (χ1v) is 6.47. The highest BCUT2D eigenvalue weighted by atomic mass is 16.5. The van der Waals surface area contributed by atoms with Crippen molar-refractivity contribution in [2.45, 2.75) is 39.8 Å². The van der Waals surface area contributed by atoms with Crippen LogP contribution in [-0.2, 0) is 11.3 Å². The Hall–Kier alpha value is -0.900. The van der Waals surface area contributed by atoms with Gasteiger partial charge in [-0.05, 0) is 23.0 Å². The maximum absolute atomic E-state index is 9.96. The summed E-state index contributed by atoms with van der Waals surface area (Å²) in [6.45, 7) is 8.09. The average Bonchev–Trinajstić information content (AvgIpc) is 2.33. The molecule has 0 bridgehead atoms. The van der Waals surface area contributed by atoms with Gasteiger partial charge in [-0.1, -0.05) is 45.0 Å². The molecule has 0 spiro atoms. The topological polar surface area (TPSA) is 55.5 Å². The van der Waals surface area contributed by atoms with Crippen molar-refractivity contribution in [1.82, 2.24) is 0 Å². The molecule has 1 atom stereocenters. The van der Waals surface area contributed by atoms with E-state index in [2.05, 4.69) is 20.8 Å². The summed E-state index contributed by atoms with van der Waals surface area (Å²) in [5, 5.41) is 9.96. The van der Waals surface area contributed by atoms with Crippen LogP contribution >= 0.6 is 0 Å². The van der Waals surface area contributed by atoms with Gasteiger partial charge in [0.1, 0.15) is 6.10 Å². The summed E-state index contributed by atoms with van der Waals surface area (Å²) in [4.78, 5) is 0. The molecule has 1 aromatic carbocycles. The Labute approximate surface area is 110 Å². The number of nitrogens with two attached hydrogens (primary N) is 1. The van der Waals surface area contributed by atoms with Crippen LogP contribution in [0.3, 0.4) is 0 Å². The fourth-order valence-electron chi connectivity index (χ4n) is 1.55. The van der Waals surface area contributed by atoms with E-state index in [9.17, 15) is 5.11 Å². The van der Waals surface area contributed by atoms with Gasteiger partial charge in [0, 0.05) is 13.2 Å². The van der Waals surface area contributed by atoms with Gasteiger partial charge in [0.2, 0.25) is 0 Å². The molecule has 0 heterocycles. The largest absolute Gasteiger partial charge is 0.386 e. The number of ether oxygens (including phenoxy) is 1. The van der Waals surface area contributed by atoms with Gasteiger partial charge in [0.15, 0.2) is 0 Å². The van der Waals surface area contributed by atoms with Crippen LogP contribution < -0.4 is 5.73 Å². The van der Waals surface area contributed by atoms with Crippen LogP contribution in [0.4, 0.5) is 0 Å². The maximum Gasteiger partial charge on any atom is 0.102 e. The van der Waals surface area contributed by atoms with Gasteiger partial charge >= 0.3 is 0 Å². The van der Waals surface area contributed by atoms with Crippen LogP contribution in [-0.4, -0.2) is 18.3 Å². The average molecular weight is 251 g/mol. The number of benzene rings is 1. The molecule has 0 amide bonds. The van der Waals surface area contributed by atoms with E-state index in [1.54, 1.807) is 0 Å². The van der Waals surface area contributed by atoms with E-state index < -0.39 is 6.10 Å². The molecule has 1 unspecified atom stereocenters. The lowest BCUT2D eigenvalue weighted by atomic mass is 9.93. The Morgan fingerprint density at radius 3 is 2.33 bits per heavy atom. The smallest absolute Gasteiger partial charge is 0.102 e. The number of hydrogen-bond donors (Lipinski definition) is 2. The van der Waals surface area contributed by atoms with E-state index in [0.29, 0.717) is 19.8 Å². The molecule has 0 aliphatic rings. The van der Waals surface area contributed by atoms with Crippen molar-refractivity contribution < 1.29 is 9.84 Å². The summed E-state index contributed by atoms with van der Waals surface area (Å²) in [6.07, 6.45) is 0.433. The van der Waals surface area contributed by atoms with Crippen LogP contribution in [0.1, 0.15) is 44.4 Å². The second-order valence-corrected chi connectivity index (χ2v) is 5.85. The predicted octanol–water partition coefficient (Wildman–Crippen LogP) is 2.63. The van der Waals surface area contributed by atoms with Crippen molar-refractivity contribution >= 4 is 0 Å². The molecule has 0 radical (unpaired) electrons. The molecule has 0 aliphatic carbocycles. The highest BCUT2D eigenvalue weighted by molar-refractivity contribution is 5.23. The molecule has 0 saturated carbocycles. The second kappa shape index (κ2) is 6.88. The van der Waals surface area contributed by atoms with Crippen LogP contribution in [0.25, 0.3) is 0 Å². The van der Waals surface area contributed by atoms with Crippen molar-refractivity contribution in [3.8, 4) is 0 Å². The summed E-state index contributed by atoms with van der Waals surface area (Å²) in [7, 11) is 0. The van der Waals surface area contributed by atoms with Gasteiger partial charge in [-0.15, -0.1) is 0 Å². The van der Waals surface area contributed by atoms with Gasteiger partial charge < -0.3 is 15.6 Å². The maximum atomic E-state index is 9.96. The molecule has 0 aliphatic heterocycles. The Kier molecular flexibility index (Phi) is 5.79. The molecule has 3 nitrogen and oxygen atoms in total. The van der Waals surface area contributed by atoms with Gasteiger partial charge in [-0.3, -0.25) is 0 Å². The quantitative estimate of drug-likeness (QED) is 0.764. The predicted molar refractivity (Wildman–Crippen MR) is 74.2 cm³/mol. The first-order valence-electron chi connectivity index (χ1n) is 6.47. The highest BCUT2D eigenvalue weighted by Crippen LogP contribution is 2.19. The van der Waals surface area contributed by atoms with Gasteiger partial charge in [0.25, 0.3) is 0 Å². The third kappa shape index (κ3) is 5.63. The zero-order chi connectivity index (χ0) is 13.6. The van der Waals surface area contributed by atoms with Crippen LogP contribution in [0, 0.1) is 5.41 Å². The van der Waals surface area contributed by atoms with Crippen LogP contribution in [0.15, 0.2) is 24.3 Å². The standard InChI is InChI=1S/C15H25NO2/c1-15(2,3)8-9-18-11-14(17)13-6-4-12(10-16)5-7-13/h4-7,14,17H,8-11,16H2,1-3H3. The molecule has 102 valence electrons. The van der Waals surface area contributed by atoms with Crippen molar-refractivity contribution in [3.05, 3.63) is 35.4 Å². The van der Waals surface area contributed by atoms with E-state index in [0.717, 1.165) is 17.5 Å². The van der Waals surface area contributed by atoms with E-state index in [-0.39, 0.29) is 5.41 Å². The van der Waals surface area contributed by atoms with Crippen molar-refractivity contribution in [2.75, 3.05) is 13.2 Å². The molecule has 0 saturated heterocycles. The molecule has 18 heavy (non-hydrogen) atoms. The summed E-state index contributed by atoms with van der Waals surface area (Å²) in [6, 6.07) is 7.68. The van der Waals surface area contributed by atoms with E-state index >= 15 is 0 Å². The monoisotopic (exact) mass is 251 g/mol. The Morgan fingerprint density at radius 1 is 1.22 bits per heavy atom. The zero-order valence-electron chi connectivity index (χ0n) is 11.6. The Bertz CT molecular complexity index is 341. The Morgan fingerprint density at radius 2 is 1.83 bits per heavy atom. The van der Waals surface area contributed by atoms with Gasteiger partial charge in [0.05, 0.1) is 6.61 Å². The minimum absolute atomic E-state index is 0.272. The first-order chi connectivity index (χ1) is 8.42. The number of aliphatic hydroxyl groups excluding tert-OH is 1. The summed E-state index contributed by atoms with van der Waals surface area (Å²) >= 11 is 0. The molecular formula is C15H25NO2. The summed E-state index contributed by atoms with van der Waals surface area (Å²) in [5.41, 5.74) is 7.75. The lowest BCUT2D eigenvalue weighted by molar-refractivity contribution is 0.0263. The highest BCUT2D eigenvalue weighted by Gasteiger charge is 2.11. The summed E-state index contributed by atoms with van der Waals surface area (Å²) in [5.74, 6) is 0. The molecule has 0 aromatic heterocycles. The third-order valence-corrected chi connectivity index (χ3v) is 2.87. The SMILES string of the molecule is CC(C)(C)CCOCC(O)c1ccc(CN)cc1. The van der Waals surface area contributed by atoms with E-state index in [1.807, 2.05) is 24.3 Å². The van der Waals surface area contributed by atoms with E-state index in [1.165, 1.54) is 0 Å². The van der Waals surface area contributed by atoms with Crippen molar-refractivity contribution in [3.63, 3.8) is 0 Å². The number of rotatable bonds is 6. The fourth-order valence-corrected chi connectivity index (χ4v) is 1.55. The fraction of sp³-hybridized carbons (Fsp3) is 0.600. The Balaban J connectivity index is 2.33. The molecule has 0 fully saturated rings. The van der Waals surface area contributed by atoms with E-state index in [4.69, 9.17) is 10.5 Å². The first kappa shape index (κ1) is 15.2. The lowest BCUT2D eigenvalue weighted by Crippen LogP contribution is -2.13. The second-order valence-electron chi connectivity index (χ2n) is 5.85. The molecule has 3 heteroatoms. The van der Waals surface area contributed by atoms with Crippen LogP contribution in [0.2, 0.25) is 0 Å². The third-order valence-electron chi connectivity index (χ3n) is 2.87. The van der Waals surface area contributed by atoms with Crippen molar-refractivity contribution in [2.24, 2.45) is 11.1 Å². The minimum Gasteiger partial charge on any atom is -0.386 e. The van der Waals surface area contributed by atoms with Crippen molar-refractivity contribution in [1.29, 1.82) is 0 Å². The minimum atomic E-state index is -0.559. The number of aliphatic hydroxyl groups is 1. The normalized spacial score (nSPS) is 13.6.